The van der Waals surface area contributed by atoms with Gasteiger partial charge in [-0.25, -0.2) is 0 Å². The van der Waals surface area contributed by atoms with Crippen LogP contribution in [-0.2, 0) is 9.59 Å². The number of hydrogen-bond donors (Lipinski definition) is 0. The average molecular weight is 265 g/mol. The van der Waals surface area contributed by atoms with Gasteiger partial charge in [-0.3, -0.25) is 9.59 Å². The van der Waals surface area contributed by atoms with Crippen molar-refractivity contribution < 1.29 is 9.59 Å². The molecular weight excluding hydrogens is 238 g/mol. The first-order valence-electron chi connectivity index (χ1n) is 7.03. The Morgan fingerprint density at radius 1 is 1.37 bits per heavy atom. The first kappa shape index (κ1) is 15.9. The summed E-state index contributed by atoms with van der Waals surface area (Å²) in [5.74, 6) is 0.615. The van der Waals surface area contributed by atoms with Gasteiger partial charge >= 0.3 is 0 Å². The summed E-state index contributed by atoms with van der Waals surface area (Å²) >= 11 is 0. The largest absolute Gasteiger partial charge is 0.311 e. The van der Waals surface area contributed by atoms with E-state index in [-0.39, 0.29) is 23.1 Å². The molecule has 1 unspecified atom stereocenters. The van der Waals surface area contributed by atoms with Gasteiger partial charge in [-0.2, -0.15) is 0 Å². The third kappa shape index (κ3) is 3.07. The van der Waals surface area contributed by atoms with Crippen molar-refractivity contribution in [1.29, 1.82) is 0 Å². The summed E-state index contributed by atoms with van der Waals surface area (Å²) in [6.07, 6.45) is 3.27. The van der Waals surface area contributed by atoms with Gasteiger partial charge in [-0.05, 0) is 34.1 Å². The zero-order chi connectivity index (χ0) is 15.0. The fourth-order valence-electron chi connectivity index (χ4n) is 3.21. The molecule has 0 spiro atoms. The van der Waals surface area contributed by atoms with E-state index in [0.29, 0.717) is 12.8 Å². The normalized spacial score (nSPS) is 23.3. The maximum atomic E-state index is 12.3. The minimum absolute atomic E-state index is 0.169. The van der Waals surface area contributed by atoms with E-state index in [1.165, 1.54) is 0 Å². The number of ketones is 1. The van der Waals surface area contributed by atoms with E-state index in [4.69, 9.17) is 0 Å². The monoisotopic (exact) mass is 265 g/mol. The molecular formula is C16H27NO2. The Kier molecular flexibility index (Phi) is 4.28. The van der Waals surface area contributed by atoms with Crippen LogP contribution in [0.5, 0.6) is 0 Å². The molecule has 0 saturated carbocycles. The second-order valence-corrected chi connectivity index (χ2v) is 6.98. The van der Waals surface area contributed by atoms with Crippen LogP contribution in [0.2, 0.25) is 0 Å². The number of hydrogen-bond acceptors (Lipinski definition) is 2. The summed E-state index contributed by atoms with van der Waals surface area (Å²) < 4.78 is 0. The van der Waals surface area contributed by atoms with Crippen molar-refractivity contribution in [3.05, 3.63) is 11.8 Å². The van der Waals surface area contributed by atoms with Crippen molar-refractivity contribution in [2.75, 3.05) is 0 Å². The highest BCUT2D eigenvalue weighted by Crippen LogP contribution is 2.40. The van der Waals surface area contributed by atoms with Gasteiger partial charge in [0, 0.05) is 29.0 Å². The number of likely N-dealkylation sites (tertiary alicyclic amines) is 1. The molecule has 1 aliphatic rings. The highest BCUT2D eigenvalue weighted by molar-refractivity contribution is 5.84. The molecule has 1 fully saturated rings. The molecule has 3 heteroatoms. The molecule has 1 rings (SSSR count). The van der Waals surface area contributed by atoms with E-state index in [1.807, 2.05) is 31.7 Å². The molecule has 0 aromatic rings. The van der Waals surface area contributed by atoms with Gasteiger partial charge in [-0.1, -0.05) is 26.8 Å². The van der Waals surface area contributed by atoms with E-state index in [2.05, 4.69) is 20.8 Å². The summed E-state index contributed by atoms with van der Waals surface area (Å²) in [5.41, 5.74) is 0.349. The SMILES string of the molecule is CC=C1C(C)CC(=O)N1C(C)(C)CC(C)(C)C(C)=O. The molecule has 0 radical (unpaired) electrons. The number of nitrogens with zero attached hydrogens (tertiary/aromatic N) is 1. The molecule has 1 amide bonds. The summed E-state index contributed by atoms with van der Waals surface area (Å²) in [4.78, 5) is 25.9. The lowest BCUT2D eigenvalue weighted by atomic mass is 9.76. The van der Waals surface area contributed by atoms with Crippen LogP contribution in [0.25, 0.3) is 0 Å². The van der Waals surface area contributed by atoms with Gasteiger partial charge in [-0.15, -0.1) is 0 Å². The maximum Gasteiger partial charge on any atom is 0.227 e. The smallest absolute Gasteiger partial charge is 0.227 e. The maximum absolute atomic E-state index is 12.3. The highest BCUT2D eigenvalue weighted by atomic mass is 16.2. The number of carbonyl (C=O) groups is 2. The van der Waals surface area contributed by atoms with Crippen molar-refractivity contribution in [3.8, 4) is 0 Å². The van der Waals surface area contributed by atoms with E-state index in [9.17, 15) is 9.59 Å². The minimum Gasteiger partial charge on any atom is -0.311 e. The van der Waals surface area contributed by atoms with E-state index in [1.54, 1.807) is 6.92 Å². The number of Topliss-reactive ketones (excluding diaryl/α,β-unsaturated/α-hetero) is 1. The lowest BCUT2D eigenvalue weighted by Crippen LogP contribution is -2.47. The molecule has 0 aliphatic carbocycles. The lowest BCUT2D eigenvalue weighted by molar-refractivity contribution is -0.134. The van der Waals surface area contributed by atoms with Crippen molar-refractivity contribution in [2.45, 2.75) is 66.8 Å². The fraction of sp³-hybridized carbons (Fsp3) is 0.750. The fourth-order valence-corrected chi connectivity index (χ4v) is 3.21. The number of amides is 1. The first-order chi connectivity index (χ1) is 8.53. The number of rotatable bonds is 4. The van der Waals surface area contributed by atoms with E-state index in [0.717, 1.165) is 5.70 Å². The van der Waals surface area contributed by atoms with Crippen LogP contribution >= 0.6 is 0 Å². The summed E-state index contributed by atoms with van der Waals surface area (Å²) in [5, 5.41) is 0. The molecule has 0 bridgehead atoms. The number of allylic oxidation sites excluding steroid dienone is 2. The Morgan fingerprint density at radius 3 is 2.32 bits per heavy atom. The van der Waals surface area contributed by atoms with Crippen molar-refractivity contribution in [2.24, 2.45) is 11.3 Å². The second kappa shape index (κ2) is 5.10. The van der Waals surface area contributed by atoms with Crippen molar-refractivity contribution >= 4 is 11.7 Å². The topological polar surface area (TPSA) is 37.4 Å². The van der Waals surface area contributed by atoms with Gasteiger partial charge in [0.15, 0.2) is 0 Å². The van der Waals surface area contributed by atoms with Gasteiger partial charge in [0.05, 0.1) is 0 Å². The molecule has 3 nitrogen and oxygen atoms in total. The molecule has 19 heavy (non-hydrogen) atoms. The minimum atomic E-state index is -0.408. The van der Waals surface area contributed by atoms with Gasteiger partial charge < -0.3 is 4.90 Å². The zero-order valence-corrected chi connectivity index (χ0v) is 13.3. The van der Waals surface area contributed by atoms with E-state index >= 15 is 0 Å². The second-order valence-electron chi connectivity index (χ2n) is 6.98. The van der Waals surface area contributed by atoms with E-state index < -0.39 is 5.41 Å². The van der Waals surface area contributed by atoms with Gasteiger partial charge in [0.1, 0.15) is 5.78 Å². The summed E-state index contributed by atoms with van der Waals surface area (Å²) in [6, 6.07) is 0. The number of carbonyl (C=O) groups excluding carboxylic acids is 2. The predicted octanol–water partition coefficient (Wildman–Crippen LogP) is 3.54. The van der Waals surface area contributed by atoms with Crippen LogP contribution in [0, 0.1) is 11.3 Å². The Labute approximate surface area is 117 Å². The van der Waals surface area contributed by atoms with Crippen LogP contribution in [0.4, 0.5) is 0 Å². The Bertz CT molecular complexity index is 418. The third-order valence-corrected chi connectivity index (χ3v) is 4.22. The quantitative estimate of drug-likeness (QED) is 0.779. The zero-order valence-electron chi connectivity index (χ0n) is 13.3. The molecule has 1 heterocycles. The summed E-state index contributed by atoms with van der Waals surface area (Å²) in [7, 11) is 0. The van der Waals surface area contributed by atoms with Crippen LogP contribution in [0.1, 0.15) is 61.3 Å². The van der Waals surface area contributed by atoms with Gasteiger partial charge in [0.25, 0.3) is 0 Å². The lowest BCUT2D eigenvalue weighted by Gasteiger charge is -2.41. The van der Waals surface area contributed by atoms with Crippen LogP contribution in [0.3, 0.4) is 0 Å². The van der Waals surface area contributed by atoms with Crippen LogP contribution < -0.4 is 0 Å². The molecule has 0 N–H and O–H groups in total. The molecule has 108 valence electrons. The first-order valence-corrected chi connectivity index (χ1v) is 7.03. The standard InChI is InChI=1S/C16H27NO2/c1-8-13-11(2)9-14(19)17(13)16(6,7)10-15(4,5)12(3)18/h8,11H,9-10H2,1-7H3. The molecule has 0 aromatic heterocycles. The molecule has 1 saturated heterocycles. The predicted molar refractivity (Wildman–Crippen MR) is 77.5 cm³/mol. The highest BCUT2D eigenvalue weighted by Gasteiger charge is 2.44. The summed E-state index contributed by atoms with van der Waals surface area (Å²) in [6.45, 7) is 13.7. The Morgan fingerprint density at radius 2 is 1.89 bits per heavy atom. The van der Waals surface area contributed by atoms with Crippen molar-refractivity contribution in [3.63, 3.8) is 0 Å². The molecule has 0 aromatic carbocycles. The Balaban J connectivity index is 3.06. The third-order valence-electron chi connectivity index (χ3n) is 4.22. The molecule has 1 atom stereocenters. The average Bonchev–Trinajstić information content (AvgIpc) is 2.51. The van der Waals surface area contributed by atoms with Crippen LogP contribution in [0.15, 0.2) is 11.8 Å². The molecule has 1 aliphatic heterocycles. The Hall–Kier alpha value is -1.12. The van der Waals surface area contributed by atoms with Crippen molar-refractivity contribution in [1.82, 2.24) is 4.90 Å². The van der Waals surface area contributed by atoms with Gasteiger partial charge in [0.2, 0.25) is 5.91 Å². The van der Waals surface area contributed by atoms with Crippen LogP contribution in [-0.4, -0.2) is 22.1 Å².